The van der Waals surface area contributed by atoms with Crippen LogP contribution < -0.4 is 0 Å². The Kier molecular flexibility index (Phi) is 5.43. The third kappa shape index (κ3) is 5.98. The van der Waals surface area contributed by atoms with E-state index in [1.807, 2.05) is 0 Å². The molecule has 1 saturated heterocycles. The number of nitrogens with zero attached hydrogens (tertiary/aromatic N) is 2. The Balaban J connectivity index is 2.24. The fraction of sp³-hybridized carbons (Fsp3) is 0.800. The molecule has 6 heteroatoms. The van der Waals surface area contributed by atoms with Crippen LogP contribution in [-0.2, 0) is 9.84 Å². The largest absolute Gasteiger partial charge is 0.300 e. The lowest BCUT2D eigenvalue weighted by Crippen LogP contribution is -2.47. The minimum Gasteiger partial charge on any atom is -0.300 e. The summed E-state index contributed by atoms with van der Waals surface area (Å²) in [6, 6.07) is 0. The average molecular weight is 311 g/mol. The molecule has 1 fully saturated rings. The fourth-order valence-electron chi connectivity index (χ4n) is 1.71. The van der Waals surface area contributed by atoms with Crippen LogP contribution in [0.5, 0.6) is 0 Å². The molecule has 0 N–H and O–H groups in total. The molecule has 0 radical (unpaired) electrons. The summed E-state index contributed by atoms with van der Waals surface area (Å²) in [5.41, 5.74) is 0. The van der Waals surface area contributed by atoms with Crippen molar-refractivity contribution < 1.29 is 8.42 Å². The first kappa shape index (κ1) is 14.2. The smallest absolute Gasteiger partial charge is 0.148 e. The molecule has 0 aromatic rings. The molecule has 0 saturated carbocycles. The molecule has 1 aliphatic rings. The van der Waals surface area contributed by atoms with Gasteiger partial charge in [0.1, 0.15) is 9.84 Å². The number of sulfone groups is 1. The van der Waals surface area contributed by atoms with Crippen molar-refractivity contribution in [3.05, 3.63) is 11.1 Å². The van der Waals surface area contributed by atoms with Crippen molar-refractivity contribution in [1.82, 2.24) is 9.80 Å². The van der Waals surface area contributed by atoms with E-state index in [4.69, 9.17) is 0 Å². The minimum atomic E-state index is -2.83. The summed E-state index contributed by atoms with van der Waals surface area (Å²) in [6.07, 6.45) is 1.29. The van der Waals surface area contributed by atoms with Crippen LogP contribution in [0.2, 0.25) is 0 Å². The average Bonchev–Trinajstić information content (AvgIpc) is 2.14. The monoisotopic (exact) mass is 310 g/mol. The number of halogens is 1. The Morgan fingerprint density at radius 1 is 1.25 bits per heavy atom. The predicted octanol–water partition coefficient (Wildman–Crippen LogP) is 0.557. The molecule has 0 amide bonds. The highest BCUT2D eigenvalue weighted by Crippen LogP contribution is 2.08. The maximum absolute atomic E-state index is 11.0. The zero-order valence-corrected chi connectivity index (χ0v) is 12.1. The Morgan fingerprint density at radius 3 is 2.19 bits per heavy atom. The molecule has 94 valence electrons. The minimum absolute atomic E-state index is 0.262. The van der Waals surface area contributed by atoms with Crippen LogP contribution >= 0.6 is 15.9 Å². The van der Waals surface area contributed by atoms with Gasteiger partial charge in [0.15, 0.2) is 0 Å². The molecule has 0 unspecified atom stereocenters. The van der Waals surface area contributed by atoms with Crippen LogP contribution in [0.4, 0.5) is 0 Å². The van der Waals surface area contributed by atoms with Gasteiger partial charge in [-0.3, -0.25) is 9.80 Å². The zero-order valence-electron chi connectivity index (χ0n) is 9.65. The summed E-state index contributed by atoms with van der Waals surface area (Å²) in [4.78, 5) is 4.52. The molecular formula is C10H19BrN2O2S. The maximum Gasteiger partial charge on any atom is 0.148 e. The molecule has 0 aromatic carbocycles. The Morgan fingerprint density at radius 2 is 1.75 bits per heavy atom. The van der Waals surface area contributed by atoms with Crippen LogP contribution in [0.25, 0.3) is 0 Å². The lowest BCUT2D eigenvalue weighted by atomic mass is 10.3. The summed E-state index contributed by atoms with van der Waals surface area (Å²) in [5.74, 6) is 0.262. The van der Waals surface area contributed by atoms with Crippen LogP contribution in [0.15, 0.2) is 11.1 Å². The third-order valence-corrected chi connectivity index (χ3v) is 3.81. The summed E-state index contributed by atoms with van der Waals surface area (Å²) in [7, 11) is -2.83. The van der Waals surface area contributed by atoms with Crippen molar-refractivity contribution in [3.8, 4) is 0 Å². The van der Waals surface area contributed by atoms with E-state index < -0.39 is 9.84 Å². The van der Waals surface area contributed by atoms with Crippen molar-refractivity contribution >= 4 is 25.8 Å². The summed E-state index contributed by atoms with van der Waals surface area (Å²) < 4.78 is 23.1. The number of piperazine rings is 1. The second-order valence-corrected chi connectivity index (χ2v) is 7.65. The SMILES string of the molecule is C=C(Br)CN1CCN(CCS(C)(=O)=O)CC1. The van der Waals surface area contributed by atoms with Gasteiger partial charge >= 0.3 is 0 Å². The molecule has 0 aromatic heterocycles. The van der Waals surface area contributed by atoms with Crippen LogP contribution in [0.3, 0.4) is 0 Å². The second kappa shape index (κ2) is 6.14. The van der Waals surface area contributed by atoms with Gasteiger partial charge in [0.05, 0.1) is 5.75 Å². The van der Waals surface area contributed by atoms with E-state index in [9.17, 15) is 8.42 Å². The molecule has 4 nitrogen and oxygen atoms in total. The number of hydrogen-bond donors (Lipinski definition) is 0. The normalized spacial score (nSPS) is 19.9. The maximum atomic E-state index is 11.0. The van der Waals surface area contributed by atoms with E-state index >= 15 is 0 Å². The molecule has 16 heavy (non-hydrogen) atoms. The van der Waals surface area contributed by atoms with Crippen LogP contribution in [0.1, 0.15) is 0 Å². The van der Waals surface area contributed by atoms with Gasteiger partial charge in [-0.15, -0.1) is 0 Å². The first-order chi connectivity index (χ1) is 7.37. The van der Waals surface area contributed by atoms with E-state index in [0.717, 1.165) is 37.2 Å². The van der Waals surface area contributed by atoms with Gasteiger partial charge in [-0.05, 0) is 0 Å². The van der Waals surface area contributed by atoms with Gasteiger partial charge in [-0.2, -0.15) is 0 Å². The Labute approximate surface area is 106 Å². The van der Waals surface area contributed by atoms with E-state index in [2.05, 4.69) is 32.3 Å². The molecule has 1 rings (SSSR count). The number of rotatable bonds is 5. The Bertz CT molecular complexity index is 335. The summed E-state index contributed by atoms with van der Waals surface area (Å²) >= 11 is 3.35. The topological polar surface area (TPSA) is 40.6 Å². The van der Waals surface area contributed by atoms with Gasteiger partial charge < -0.3 is 0 Å². The van der Waals surface area contributed by atoms with E-state index in [-0.39, 0.29) is 5.75 Å². The van der Waals surface area contributed by atoms with Gasteiger partial charge in [0.25, 0.3) is 0 Å². The molecule has 0 bridgehead atoms. The van der Waals surface area contributed by atoms with E-state index in [1.165, 1.54) is 6.26 Å². The van der Waals surface area contributed by atoms with E-state index in [0.29, 0.717) is 6.54 Å². The first-order valence-corrected chi connectivity index (χ1v) is 8.18. The quantitative estimate of drug-likeness (QED) is 0.744. The van der Waals surface area contributed by atoms with Gasteiger partial charge in [-0.25, -0.2) is 8.42 Å². The Hall–Kier alpha value is 0.0900. The van der Waals surface area contributed by atoms with E-state index in [1.54, 1.807) is 0 Å². The standard InChI is InChI=1S/C10H19BrN2O2S/c1-10(11)9-13-5-3-12(4-6-13)7-8-16(2,14)15/h1,3-9H2,2H3. The van der Waals surface area contributed by atoms with Crippen molar-refractivity contribution in [2.75, 3.05) is 51.3 Å². The summed E-state index contributed by atoms with van der Waals surface area (Å²) in [6.45, 7) is 9.19. The van der Waals surface area contributed by atoms with Crippen molar-refractivity contribution in [2.45, 2.75) is 0 Å². The van der Waals surface area contributed by atoms with Crippen molar-refractivity contribution in [2.24, 2.45) is 0 Å². The fourth-order valence-corrected chi connectivity index (χ4v) is 2.65. The van der Waals surface area contributed by atoms with Gasteiger partial charge in [-0.1, -0.05) is 22.5 Å². The van der Waals surface area contributed by atoms with Crippen LogP contribution in [-0.4, -0.2) is 69.5 Å². The van der Waals surface area contributed by atoms with Crippen molar-refractivity contribution in [3.63, 3.8) is 0 Å². The highest BCUT2D eigenvalue weighted by Gasteiger charge is 2.17. The zero-order chi connectivity index (χ0) is 12.2. The predicted molar refractivity (Wildman–Crippen MR) is 70.7 cm³/mol. The molecule has 0 spiro atoms. The lowest BCUT2D eigenvalue weighted by molar-refractivity contribution is 0.148. The third-order valence-electron chi connectivity index (χ3n) is 2.64. The molecule has 0 atom stereocenters. The summed E-state index contributed by atoms with van der Waals surface area (Å²) in [5, 5.41) is 0. The lowest BCUT2D eigenvalue weighted by Gasteiger charge is -2.34. The highest BCUT2D eigenvalue weighted by atomic mass is 79.9. The molecule has 1 heterocycles. The van der Waals surface area contributed by atoms with Crippen molar-refractivity contribution in [1.29, 1.82) is 0 Å². The molecular weight excluding hydrogens is 292 g/mol. The van der Waals surface area contributed by atoms with Gasteiger partial charge in [0.2, 0.25) is 0 Å². The van der Waals surface area contributed by atoms with Gasteiger partial charge in [0, 0.05) is 50.0 Å². The molecule has 1 aliphatic heterocycles. The second-order valence-electron chi connectivity index (χ2n) is 4.26. The molecule has 0 aliphatic carbocycles. The highest BCUT2D eigenvalue weighted by molar-refractivity contribution is 9.11. The van der Waals surface area contributed by atoms with Crippen LogP contribution in [0, 0.1) is 0 Å². The first-order valence-electron chi connectivity index (χ1n) is 5.32. The number of hydrogen-bond acceptors (Lipinski definition) is 4.